The Balaban J connectivity index is -0.000000264. The first-order valence-corrected chi connectivity index (χ1v) is 17.6. The molecule has 0 unspecified atom stereocenters. The lowest BCUT2D eigenvalue weighted by molar-refractivity contribution is 0.216. The van der Waals surface area contributed by atoms with Crippen LogP contribution in [0.3, 0.4) is 0 Å². The van der Waals surface area contributed by atoms with Crippen molar-refractivity contribution in [2.75, 3.05) is 19.8 Å². The number of hydrogen-bond donors (Lipinski definition) is 4. The van der Waals surface area contributed by atoms with E-state index in [-0.39, 0.29) is 6.10 Å². The molecule has 0 fully saturated rings. The zero-order valence-corrected chi connectivity index (χ0v) is 28.3. The van der Waals surface area contributed by atoms with E-state index >= 15 is 0 Å². The fraction of sp³-hybridized carbons (Fsp3) is 0.944. The summed E-state index contributed by atoms with van der Waals surface area (Å²) in [6.45, 7) is 11.0. The maximum Gasteiger partial charge on any atom is 0.0483 e. The van der Waals surface area contributed by atoms with Crippen LogP contribution in [0, 0.1) is 0 Å². The largest absolute Gasteiger partial charge is 0.396 e. The van der Waals surface area contributed by atoms with Crippen LogP contribution in [0.15, 0.2) is 12.2 Å². The molecule has 0 heterocycles. The minimum atomic E-state index is -0.167. The van der Waals surface area contributed by atoms with E-state index in [0.717, 1.165) is 19.3 Å². The second-order valence-electron chi connectivity index (χ2n) is 11.4. The molecule has 4 nitrogen and oxygen atoms in total. The van der Waals surface area contributed by atoms with Gasteiger partial charge in [0.2, 0.25) is 0 Å². The number of hydrogen-bond acceptors (Lipinski definition) is 4. The molecule has 0 radical (unpaired) electrons. The van der Waals surface area contributed by atoms with E-state index in [4.69, 9.17) is 20.4 Å². The Labute approximate surface area is 253 Å². The van der Waals surface area contributed by atoms with E-state index in [1.807, 2.05) is 6.92 Å². The van der Waals surface area contributed by atoms with Gasteiger partial charge in [-0.25, -0.2) is 0 Å². The van der Waals surface area contributed by atoms with Gasteiger partial charge in [0.25, 0.3) is 0 Å². The Hall–Kier alpha value is -0.420. The van der Waals surface area contributed by atoms with Crippen molar-refractivity contribution >= 4 is 0 Å². The zero-order valence-electron chi connectivity index (χ0n) is 28.3. The molecule has 4 heteroatoms. The summed E-state index contributed by atoms with van der Waals surface area (Å²) in [5.41, 5.74) is 0. The molecular weight excluding hydrogens is 496 g/mol. The van der Waals surface area contributed by atoms with Gasteiger partial charge in [0.15, 0.2) is 0 Å². The number of unbranched alkanes of at least 4 members (excludes halogenated alkanes) is 21. The molecule has 0 aromatic rings. The van der Waals surface area contributed by atoms with Gasteiger partial charge in [0.05, 0.1) is 0 Å². The molecule has 246 valence electrons. The monoisotopic (exact) mass is 575 g/mol. The molecule has 0 aliphatic rings. The van der Waals surface area contributed by atoms with Gasteiger partial charge in [-0.3, -0.25) is 0 Å². The van der Waals surface area contributed by atoms with Crippen LogP contribution < -0.4 is 0 Å². The molecule has 0 spiro atoms. The van der Waals surface area contributed by atoms with Gasteiger partial charge in [-0.15, -0.1) is 0 Å². The molecule has 0 amide bonds. The fourth-order valence-electron chi connectivity index (χ4n) is 3.96. The molecule has 0 aromatic carbocycles. The molecule has 40 heavy (non-hydrogen) atoms. The Morgan fingerprint density at radius 1 is 0.375 bits per heavy atom. The predicted molar refractivity (Wildman–Crippen MR) is 180 cm³/mol. The van der Waals surface area contributed by atoms with Gasteiger partial charge in [-0.2, -0.15) is 0 Å². The van der Waals surface area contributed by atoms with Crippen molar-refractivity contribution in [2.24, 2.45) is 0 Å². The van der Waals surface area contributed by atoms with Gasteiger partial charge in [-0.1, -0.05) is 148 Å². The Kier molecular flexibility index (Phi) is 59.7. The first-order chi connectivity index (χ1) is 19.5. The normalized spacial score (nSPS) is 10.6. The van der Waals surface area contributed by atoms with E-state index in [1.54, 1.807) is 13.8 Å². The van der Waals surface area contributed by atoms with E-state index in [2.05, 4.69) is 26.0 Å². The number of aliphatic hydroxyl groups excluding tert-OH is 4. The third kappa shape index (κ3) is 71.2. The summed E-state index contributed by atoms with van der Waals surface area (Å²) in [4.78, 5) is 0. The van der Waals surface area contributed by atoms with Crippen molar-refractivity contribution in [3.05, 3.63) is 12.2 Å². The van der Waals surface area contributed by atoms with Gasteiger partial charge >= 0.3 is 0 Å². The van der Waals surface area contributed by atoms with Gasteiger partial charge < -0.3 is 20.4 Å². The van der Waals surface area contributed by atoms with Crippen LogP contribution in [0.25, 0.3) is 0 Å². The van der Waals surface area contributed by atoms with Gasteiger partial charge in [0, 0.05) is 25.9 Å². The highest BCUT2D eigenvalue weighted by atomic mass is 16.3. The van der Waals surface area contributed by atoms with Crippen molar-refractivity contribution < 1.29 is 20.4 Å². The maximum atomic E-state index is 8.66. The first kappa shape index (κ1) is 46.5. The van der Waals surface area contributed by atoms with Crippen LogP contribution in [-0.4, -0.2) is 46.4 Å². The molecule has 0 saturated carbocycles. The Bertz CT molecular complexity index is 370. The summed E-state index contributed by atoms with van der Waals surface area (Å²) in [6.07, 6.45) is 37.2. The SMILES string of the molecule is CC(C)O.CCCCCCCC/C=C\CCCCCCCCO.CCCCCCCCCCCCO.CCCO. The van der Waals surface area contributed by atoms with E-state index in [9.17, 15) is 0 Å². The topological polar surface area (TPSA) is 80.9 Å². The second-order valence-corrected chi connectivity index (χ2v) is 11.4. The molecular formula is C36H78O4. The molecule has 0 bridgehead atoms. The van der Waals surface area contributed by atoms with Crippen molar-refractivity contribution in [1.29, 1.82) is 0 Å². The molecule has 0 aliphatic carbocycles. The lowest BCUT2D eigenvalue weighted by atomic mass is 10.1. The van der Waals surface area contributed by atoms with E-state index in [1.165, 1.54) is 141 Å². The third-order valence-electron chi connectivity index (χ3n) is 6.41. The van der Waals surface area contributed by atoms with Crippen molar-refractivity contribution in [1.82, 2.24) is 0 Å². The lowest BCUT2D eigenvalue weighted by Crippen LogP contribution is -1.85. The number of rotatable bonds is 26. The van der Waals surface area contributed by atoms with Crippen molar-refractivity contribution in [3.63, 3.8) is 0 Å². The summed E-state index contributed by atoms with van der Waals surface area (Å²) < 4.78 is 0. The number of aliphatic hydroxyl groups is 4. The Morgan fingerprint density at radius 3 is 0.825 bits per heavy atom. The van der Waals surface area contributed by atoms with E-state index < -0.39 is 0 Å². The van der Waals surface area contributed by atoms with Gasteiger partial charge in [-0.05, 0) is 58.8 Å². The van der Waals surface area contributed by atoms with Crippen LogP contribution in [0.1, 0.15) is 195 Å². The summed E-state index contributed by atoms with van der Waals surface area (Å²) in [6, 6.07) is 0. The molecule has 0 rings (SSSR count). The highest BCUT2D eigenvalue weighted by Gasteiger charge is 1.92. The molecule has 0 saturated heterocycles. The average molecular weight is 575 g/mol. The quantitative estimate of drug-likeness (QED) is 0.0612. The van der Waals surface area contributed by atoms with E-state index in [0.29, 0.717) is 19.8 Å². The van der Waals surface area contributed by atoms with Crippen LogP contribution in [0.4, 0.5) is 0 Å². The lowest BCUT2D eigenvalue weighted by Gasteiger charge is -2.00. The summed E-state index contributed by atoms with van der Waals surface area (Å²) in [5.74, 6) is 0. The number of allylic oxidation sites excluding steroid dienone is 2. The second kappa shape index (κ2) is 51.3. The zero-order chi connectivity index (χ0) is 30.8. The minimum Gasteiger partial charge on any atom is -0.396 e. The van der Waals surface area contributed by atoms with Gasteiger partial charge in [0.1, 0.15) is 0 Å². The smallest absolute Gasteiger partial charge is 0.0483 e. The Morgan fingerprint density at radius 2 is 0.600 bits per heavy atom. The maximum absolute atomic E-state index is 8.66. The van der Waals surface area contributed by atoms with Crippen LogP contribution >= 0.6 is 0 Å². The minimum absolute atomic E-state index is 0.167. The molecule has 0 aromatic heterocycles. The highest BCUT2D eigenvalue weighted by molar-refractivity contribution is 4.81. The summed E-state index contributed by atoms with van der Waals surface area (Å²) in [5, 5.41) is 33.2. The average Bonchev–Trinajstić information content (AvgIpc) is 2.94. The van der Waals surface area contributed by atoms with Crippen molar-refractivity contribution in [3.8, 4) is 0 Å². The molecule has 0 aliphatic heterocycles. The fourth-order valence-corrected chi connectivity index (χ4v) is 3.96. The molecule has 0 atom stereocenters. The summed E-state index contributed by atoms with van der Waals surface area (Å²) >= 11 is 0. The predicted octanol–water partition coefficient (Wildman–Crippen LogP) is 10.7. The standard InChI is InChI=1S/C18H36O.C12H26O.2C3H8O/c1-2-3-4-5-6-7-8-9-10-11-12-13-14-15-16-17-18-19;1-2-3-4-5-6-7-8-9-10-11-12-13;1-3(2)4;1-2-3-4/h9-10,19H,2-8,11-18H2,1H3;13H,2-12H2,1H3;3-4H,1-2H3;4H,2-3H2,1H3/b10-9-;;;. The van der Waals surface area contributed by atoms with Crippen LogP contribution in [-0.2, 0) is 0 Å². The van der Waals surface area contributed by atoms with Crippen molar-refractivity contribution in [2.45, 2.75) is 201 Å². The van der Waals surface area contributed by atoms with Crippen LogP contribution in [0.2, 0.25) is 0 Å². The summed E-state index contributed by atoms with van der Waals surface area (Å²) in [7, 11) is 0. The van der Waals surface area contributed by atoms with Crippen LogP contribution in [0.5, 0.6) is 0 Å². The third-order valence-corrected chi connectivity index (χ3v) is 6.41. The first-order valence-electron chi connectivity index (χ1n) is 17.6. The highest BCUT2D eigenvalue weighted by Crippen LogP contribution is 2.11. The molecule has 4 N–H and O–H groups in total.